The maximum absolute atomic E-state index is 13.1. The summed E-state index contributed by atoms with van der Waals surface area (Å²) < 4.78 is 2.08. The van der Waals surface area contributed by atoms with Crippen molar-refractivity contribution in [2.24, 2.45) is 0 Å². The standard InChI is InChI=1S/C24H28N4O2/c1-6-7-18-8-16(5)27-24(30)20(18)12-26-23(29)19-9-17(11-25)10-21-22(19)15(4)13-28(21)14(2)3/h8-10,13-14H,6-7,12H2,1-5H3,(H,26,29)(H,27,30). The summed E-state index contributed by atoms with van der Waals surface area (Å²) in [5.74, 6) is -0.288. The molecule has 2 heterocycles. The molecule has 30 heavy (non-hydrogen) atoms. The number of fused-ring (bicyclic) bond motifs is 1. The van der Waals surface area contributed by atoms with Crippen molar-refractivity contribution in [3.63, 3.8) is 0 Å². The molecule has 0 aliphatic heterocycles. The third-order valence-electron chi connectivity index (χ3n) is 5.36. The van der Waals surface area contributed by atoms with Crippen LogP contribution in [0.5, 0.6) is 0 Å². The maximum Gasteiger partial charge on any atom is 0.253 e. The van der Waals surface area contributed by atoms with Crippen LogP contribution in [0.3, 0.4) is 0 Å². The molecule has 3 aromatic rings. The van der Waals surface area contributed by atoms with Crippen LogP contribution in [0.15, 0.2) is 29.2 Å². The molecule has 2 aromatic heterocycles. The van der Waals surface area contributed by atoms with Gasteiger partial charge in [0.2, 0.25) is 0 Å². The molecule has 0 radical (unpaired) electrons. The Bertz CT molecular complexity index is 1210. The average molecular weight is 405 g/mol. The number of carbonyl (C=O) groups is 1. The van der Waals surface area contributed by atoms with E-state index < -0.39 is 0 Å². The number of benzene rings is 1. The maximum atomic E-state index is 13.1. The fourth-order valence-corrected chi connectivity index (χ4v) is 3.99. The van der Waals surface area contributed by atoms with Crippen LogP contribution < -0.4 is 10.9 Å². The summed E-state index contributed by atoms with van der Waals surface area (Å²) in [4.78, 5) is 28.4. The summed E-state index contributed by atoms with van der Waals surface area (Å²) >= 11 is 0. The number of nitrogens with zero attached hydrogens (tertiary/aromatic N) is 2. The normalized spacial score (nSPS) is 11.1. The van der Waals surface area contributed by atoms with Crippen LogP contribution in [-0.2, 0) is 13.0 Å². The van der Waals surface area contributed by atoms with Crippen molar-refractivity contribution in [2.45, 2.75) is 60.0 Å². The number of pyridine rings is 1. The highest BCUT2D eigenvalue weighted by atomic mass is 16.1. The lowest BCUT2D eigenvalue weighted by atomic mass is 10.0. The average Bonchev–Trinajstić information content (AvgIpc) is 3.03. The molecule has 6 heteroatoms. The molecule has 0 fully saturated rings. The topological polar surface area (TPSA) is 90.7 Å². The Morgan fingerprint density at radius 1 is 1.27 bits per heavy atom. The van der Waals surface area contributed by atoms with Crippen LogP contribution in [0.25, 0.3) is 10.9 Å². The van der Waals surface area contributed by atoms with Crippen LogP contribution in [0.2, 0.25) is 0 Å². The molecular weight excluding hydrogens is 376 g/mol. The van der Waals surface area contributed by atoms with E-state index in [0.29, 0.717) is 16.7 Å². The molecule has 0 aliphatic carbocycles. The third kappa shape index (κ3) is 4.02. The highest BCUT2D eigenvalue weighted by Crippen LogP contribution is 2.29. The quantitative estimate of drug-likeness (QED) is 0.642. The predicted molar refractivity (Wildman–Crippen MR) is 119 cm³/mol. The van der Waals surface area contributed by atoms with Crippen molar-refractivity contribution < 1.29 is 4.79 Å². The van der Waals surface area contributed by atoms with Gasteiger partial charge >= 0.3 is 0 Å². The van der Waals surface area contributed by atoms with E-state index in [1.54, 1.807) is 6.07 Å². The van der Waals surface area contributed by atoms with Crippen molar-refractivity contribution in [1.29, 1.82) is 5.26 Å². The van der Waals surface area contributed by atoms with Gasteiger partial charge in [-0.3, -0.25) is 9.59 Å². The van der Waals surface area contributed by atoms with E-state index in [1.165, 1.54) is 0 Å². The second kappa shape index (κ2) is 8.58. The highest BCUT2D eigenvalue weighted by Gasteiger charge is 2.19. The van der Waals surface area contributed by atoms with Gasteiger partial charge in [-0.05, 0) is 63.4 Å². The summed E-state index contributed by atoms with van der Waals surface area (Å²) in [5, 5.41) is 13.2. The summed E-state index contributed by atoms with van der Waals surface area (Å²) in [6.07, 6.45) is 3.70. The first-order chi connectivity index (χ1) is 14.3. The first kappa shape index (κ1) is 21.4. The van der Waals surface area contributed by atoms with Crippen molar-refractivity contribution >= 4 is 16.8 Å². The molecule has 0 saturated heterocycles. The number of hydrogen-bond donors (Lipinski definition) is 2. The van der Waals surface area contributed by atoms with E-state index >= 15 is 0 Å². The van der Waals surface area contributed by atoms with Crippen molar-refractivity contribution in [3.05, 3.63) is 68.3 Å². The zero-order chi connectivity index (χ0) is 22.0. The number of carbonyl (C=O) groups excluding carboxylic acids is 1. The van der Waals surface area contributed by atoms with Crippen LogP contribution in [0.1, 0.15) is 71.5 Å². The van der Waals surface area contributed by atoms with Gasteiger partial charge in [0, 0.05) is 35.4 Å². The second-order valence-electron chi connectivity index (χ2n) is 8.06. The number of aromatic amines is 1. The molecule has 0 atom stereocenters. The molecule has 0 spiro atoms. The Morgan fingerprint density at radius 2 is 2.00 bits per heavy atom. The first-order valence-corrected chi connectivity index (χ1v) is 10.3. The number of rotatable bonds is 6. The number of nitrogens with one attached hydrogen (secondary N) is 2. The van der Waals surface area contributed by atoms with Crippen molar-refractivity contribution in [2.75, 3.05) is 0 Å². The van der Waals surface area contributed by atoms with E-state index in [1.807, 2.05) is 32.2 Å². The number of H-pyrrole nitrogens is 1. The van der Waals surface area contributed by atoms with Crippen molar-refractivity contribution in [1.82, 2.24) is 14.9 Å². The van der Waals surface area contributed by atoms with Gasteiger partial charge in [-0.25, -0.2) is 0 Å². The molecule has 0 unspecified atom stereocenters. The fourth-order valence-electron chi connectivity index (χ4n) is 3.99. The molecule has 0 saturated carbocycles. The number of amides is 1. The Balaban J connectivity index is 2.01. The summed E-state index contributed by atoms with van der Waals surface area (Å²) in [6, 6.07) is 7.77. The smallest absolute Gasteiger partial charge is 0.253 e. The largest absolute Gasteiger partial charge is 0.348 e. The molecule has 6 nitrogen and oxygen atoms in total. The molecule has 1 amide bonds. The summed E-state index contributed by atoms with van der Waals surface area (Å²) in [7, 11) is 0. The SMILES string of the molecule is CCCc1cc(C)[nH]c(=O)c1CNC(=O)c1cc(C#N)cc2c1c(C)cn2C(C)C. The first-order valence-electron chi connectivity index (χ1n) is 10.3. The van der Waals surface area contributed by atoms with E-state index in [9.17, 15) is 14.9 Å². The third-order valence-corrected chi connectivity index (χ3v) is 5.36. The monoisotopic (exact) mass is 404 g/mol. The molecule has 1 aromatic carbocycles. The van der Waals surface area contributed by atoms with Gasteiger partial charge in [0.25, 0.3) is 11.5 Å². The van der Waals surface area contributed by atoms with Gasteiger partial charge < -0.3 is 14.9 Å². The molecule has 0 aliphatic rings. The van der Waals surface area contributed by atoms with Gasteiger partial charge in [0.1, 0.15) is 0 Å². The Labute approximate surface area is 176 Å². The number of hydrogen-bond acceptors (Lipinski definition) is 3. The van der Waals surface area contributed by atoms with Crippen LogP contribution in [-0.4, -0.2) is 15.5 Å². The Hall–Kier alpha value is -3.33. The number of nitriles is 1. The van der Waals surface area contributed by atoms with E-state index in [2.05, 4.69) is 41.7 Å². The Kier molecular flexibility index (Phi) is 6.12. The lowest BCUT2D eigenvalue weighted by Crippen LogP contribution is -2.28. The van der Waals surface area contributed by atoms with Crippen LogP contribution >= 0.6 is 0 Å². The lowest BCUT2D eigenvalue weighted by molar-refractivity contribution is 0.0952. The van der Waals surface area contributed by atoms with Gasteiger partial charge in [-0.2, -0.15) is 5.26 Å². The van der Waals surface area contributed by atoms with E-state index in [0.717, 1.165) is 40.6 Å². The van der Waals surface area contributed by atoms with Gasteiger partial charge in [-0.15, -0.1) is 0 Å². The molecule has 0 bridgehead atoms. The van der Waals surface area contributed by atoms with Gasteiger partial charge in [-0.1, -0.05) is 13.3 Å². The van der Waals surface area contributed by atoms with Gasteiger partial charge in [0.15, 0.2) is 0 Å². The van der Waals surface area contributed by atoms with Crippen molar-refractivity contribution in [3.8, 4) is 6.07 Å². The number of aromatic nitrogens is 2. The van der Waals surface area contributed by atoms with Gasteiger partial charge in [0.05, 0.1) is 22.7 Å². The lowest BCUT2D eigenvalue weighted by Gasteiger charge is -2.13. The van der Waals surface area contributed by atoms with Crippen LogP contribution in [0.4, 0.5) is 0 Å². The van der Waals surface area contributed by atoms with E-state index in [4.69, 9.17) is 0 Å². The minimum atomic E-state index is -0.288. The summed E-state index contributed by atoms with van der Waals surface area (Å²) in [5.41, 5.74) is 4.93. The zero-order valence-electron chi connectivity index (χ0n) is 18.2. The molecule has 3 rings (SSSR count). The fraction of sp³-hybridized carbons (Fsp3) is 0.375. The second-order valence-corrected chi connectivity index (χ2v) is 8.06. The Morgan fingerprint density at radius 3 is 2.63 bits per heavy atom. The molecular formula is C24H28N4O2. The molecule has 2 N–H and O–H groups in total. The highest BCUT2D eigenvalue weighted by molar-refractivity contribution is 6.08. The predicted octanol–water partition coefficient (Wildman–Crippen LogP) is 4.28. The summed E-state index contributed by atoms with van der Waals surface area (Å²) in [6.45, 7) is 10.2. The van der Waals surface area contributed by atoms with E-state index in [-0.39, 0.29) is 24.1 Å². The van der Waals surface area contributed by atoms with Crippen LogP contribution in [0, 0.1) is 25.2 Å². The molecule has 156 valence electrons. The minimum Gasteiger partial charge on any atom is -0.348 e. The zero-order valence-corrected chi connectivity index (χ0v) is 18.2. The number of aryl methyl sites for hydroxylation is 3. The minimum absolute atomic E-state index is 0.145.